The number of hydrogen-bond donors (Lipinski definition) is 2. The molecule has 0 aliphatic carbocycles. The van der Waals surface area contributed by atoms with E-state index in [-0.39, 0.29) is 42.2 Å². The Bertz CT molecular complexity index is 454. The van der Waals surface area contributed by atoms with E-state index in [1.165, 1.54) is 0 Å². The number of carbonyl (C=O) groups is 1. The van der Waals surface area contributed by atoms with Gasteiger partial charge in [0.15, 0.2) is 5.96 Å². The molecule has 0 bridgehead atoms. The molecule has 0 aromatic heterocycles. The van der Waals surface area contributed by atoms with Gasteiger partial charge in [0.2, 0.25) is 0 Å². The predicted octanol–water partition coefficient (Wildman–Crippen LogP) is 2.58. The molecule has 1 amide bonds. The smallest absolute Gasteiger partial charge is 0.409 e. The van der Waals surface area contributed by atoms with E-state index in [2.05, 4.69) is 24.2 Å². The Kier molecular flexibility index (Phi) is 10.6. The maximum atomic E-state index is 11.7. The molecule has 8 heteroatoms. The summed E-state index contributed by atoms with van der Waals surface area (Å²) in [4.78, 5) is 18.0. The molecule has 2 aliphatic rings. The van der Waals surface area contributed by atoms with Crippen molar-refractivity contribution in [2.24, 2.45) is 22.6 Å². The van der Waals surface area contributed by atoms with Crippen molar-refractivity contribution < 1.29 is 14.3 Å². The molecule has 2 rings (SSSR count). The Morgan fingerprint density at radius 2 is 2.04 bits per heavy atom. The van der Waals surface area contributed by atoms with Crippen molar-refractivity contribution in [1.82, 2.24) is 10.2 Å². The number of aliphatic imine (C=N–C) groups is 1. The van der Waals surface area contributed by atoms with Gasteiger partial charge in [-0.2, -0.15) is 0 Å². The minimum Gasteiger partial charge on any atom is -0.450 e. The van der Waals surface area contributed by atoms with E-state index in [9.17, 15) is 4.79 Å². The van der Waals surface area contributed by atoms with Crippen LogP contribution in [-0.4, -0.2) is 61.9 Å². The van der Waals surface area contributed by atoms with Crippen molar-refractivity contribution >= 4 is 36.0 Å². The molecular weight excluding hydrogens is 447 g/mol. The van der Waals surface area contributed by atoms with Gasteiger partial charge in [-0.3, -0.25) is 4.99 Å². The minimum absolute atomic E-state index is 0. The fourth-order valence-electron chi connectivity index (χ4n) is 3.69. The van der Waals surface area contributed by atoms with Crippen molar-refractivity contribution in [2.45, 2.75) is 58.6 Å². The number of rotatable bonds is 5. The number of hydrogen-bond acceptors (Lipinski definition) is 4. The molecule has 2 heterocycles. The molecular formula is C18H35IN4O3. The summed E-state index contributed by atoms with van der Waals surface area (Å²) in [6, 6.07) is 0.262. The highest BCUT2D eigenvalue weighted by Crippen LogP contribution is 2.26. The molecule has 2 aliphatic heterocycles. The number of nitrogens with two attached hydrogens (primary N) is 1. The van der Waals surface area contributed by atoms with Crippen LogP contribution in [0.3, 0.4) is 0 Å². The van der Waals surface area contributed by atoms with Crippen molar-refractivity contribution in [3.8, 4) is 0 Å². The van der Waals surface area contributed by atoms with Crippen molar-refractivity contribution in [3.05, 3.63) is 0 Å². The average molecular weight is 482 g/mol. The van der Waals surface area contributed by atoms with Gasteiger partial charge < -0.3 is 25.4 Å². The monoisotopic (exact) mass is 482 g/mol. The Morgan fingerprint density at radius 3 is 2.65 bits per heavy atom. The molecule has 26 heavy (non-hydrogen) atoms. The highest BCUT2D eigenvalue weighted by atomic mass is 127. The maximum Gasteiger partial charge on any atom is 0.409 e. The number of nitrogens with zero attached hydrogens (tertiary/aromatic N) is 2. The van der Waals surface area contributed by atoms with Gasteiger partial charge in [-0.25, -0.2) is 4.79 Å². The Hall–Kier alpha value is -0.770. The summed E-state index contributed by atoms with van der Waals surface area (Å²) < 4.78 is 10.9. The van der Waals surface area contributed by atoms with Crippen LogP contribution >= 0.6 is 24.0 Å². The number of nitrogens with one attached hydrogen (secondary N) is 1. The molecule has 3 N–H and O–H groups in total. The third-order valence-corrected chi connectivity index (χ3v) is 5.02. The second kappa shape index (κ2) is 11.8. The molecule has 0 saturated carbocycles. The summed E-state index contributed by atoms with van der Waals surface area (Å²) in [5.74, 6) is 1.45. The van der Waals surface area contributed by atoms with Gasteiger partial charge in [-0.15, -0.1) is 24.0 Å². The highest BCUT2D eigenvalue weighted by molar-refractivity contribution is 14.0. The molecule has 2 saturated heterocycles. The first-order valence-corrected chi connectivity index (χ1v) is 9.61. The van der Waals surface area contributed by atoms with Crippen molar-refractivity contribution in [3.63, 3.8) is 0 Å². The molecule has 2 fully saturated rings. The average Bonchev–Trinajstić information content (AvgIpc) is 2.61. The molecule has 0 spiro atoms. The first-order valence-electron chi connectivity index (χ1n) is 9.61. The highest BCUT2D eigenvalue weighted by Gasteiger charge is 2.28. The summed E-state index contributed by atoms with van der Waals surface area (Å²) >= 11 is 0. The van der Waals surface area contributed by atoms with Crippen LogP contribution in [0.25, 0.3) is 0 Å². The lowest BCUT2D eigenvalue weighted by molar-refractivity contribution is -0.0491. The Balaban J connectivity index is 0.00000338. The quantitative estimate of drug-likeness (QED) is 0.357. The van der Waals surface area contributed by atoms with Gasteiger partial charge in [-0.1, -0.05) is 13.8 Å². The lowest BCUT2D eigenvalue weighted by Gasteiger charge is -2.34. The number of likely N-dealkylation sites (tertiary alicyclic amines) is 1. The number of piperidine rings is 1. The van der Waals surface area contributed by atoms with E-state index in [1.807, 2.05) is 6.92 Å². The van der Waals surface area contributed by atoms with Gasteiger partial charge in [0.1, 0.15) is 0 Å². The second-order valence-corrected chi connectivity index (χ2v) is 7.31. The SMILES string of the molecule is CCOC(=O)N1CCC(NC(N)=NCC2CCCOC2C(C)C)CC1.I. The zero-order valence-corrected chi connectivity index (χ0v) is 18.6. The minimum atomic E-state index is -0.223. The van der Waals surface area contributed by atoms with Gasteiger partial charge in [-0.05, 0) is 38.5 Å². The van der Waals surface area contributed by atoms with Crippen LogP contribution in [0, 0.1) is 11.8 Å². The van der Waals surface area contributed by atoms with Crippen LogP contribution in [0.2, 0.25) is 0 Å². The normalized spacial score (nSPS) is 24.9. The zero-order valence-electron chi connectivity index (χ0n) is 16.3. The largest absolute Gasteiger partial charge is 0.450 e. The molecule has 0 radical (unpaired) electrons. The van der Waals surface area contributed by atoms with Crippen LogP contribution in [-0.2, 0) is 9.47 Å². The van der Waals surface area contributed by atoms with Crippen LogP contribution in [0.1, 0.15) is 46.5 Å². The summed E-state index contributed by atoms with van der Waals surface area (Å²) in [6.07, 6.45) is 4.02. The van der Waals surface area contributed by atoms with Crippen LogP contribution in [0.4, 0.5) is 4.79 Å². The van der Waals surface area contributed by atoms with Crippen LogP contribution < -0.4 is 11.1 Å². The number of ether oxygens (including phenoxy) is 2. The van der Waals surface area contributed by atoms with E-state index in [0.717, 1.165) is 32.3 Å². The Labute approximate surface area is 174 Å². The lowest BCUT2D eigenvalue weighted by Crippen LogP contribution is -2.48. The number of amides is 1. The predicted molar refractivity (Wildman–Crippen MR) is 114 cm³/mol. The summed E-state index contributed by atoms with van der Waals surface area (Å²) in [5.41, 5.74) is 6.08. The molecule has 2 unspecified atom stereocenters. The summed E-state index contributed by atoms with van der Waals surface area (Å²) in [6.45, 7) is 9.59. The van der Waals surface area contributed by atoms with Crippen molar-refractivity contribution in [1.29, 1.82) is 0 Å². The molecule has 7 nitrogen and oxygen atoms in total. The second-order valence-electron chi connectivity index (χ2n) is 7.31. The third-order valence-electron chi connectivity index (χ3n) is 5.02. The van der Waals surface area contributed by atoms with Gasteiger partial charge in [0.25, 0.3) is 0 Å². The molecule has 152 valence electrons. The van der Waals surface area contributed by atoms with Gasteiger partial charge in [0, 0.05) is 38.2 Å². The van der Waals surface area contributed by atoms with E-state index < -0.39 is 0 Å². The van der Waals surface area contributed by atoms with Crippen LogP contribution in [0.15, 0.2) is 4.99 Å². The Morgan fingerprint density at radius 1 is 1.35 bits per heavy atom. The van der Waals surface area contributed by atoms with Crippen LogP contribution in [0.5, 0.6) is 0 Å². The summed E-state index contributed by atoms with van der Waals surface area (Å²) in [7, 11) is 0. The van der Waals surface area contributed by atoms with E-state index in [1.54, 1.807) is 4.90 Å². The van der Waals surface area contributed by atoms with Gasteiger partial charge >= 0.3 is 6.09 Å². The fraction of sp³-hybridized carbons (Fsp3) is 0.889. The number of halogens is 1. The molecule has 0 aromatic rings. The topological polar surface area (TPSA) is 89.2 Å². The molecule has 2 atom stereocenters. The zero-order chi connectivity index (χ0) is 18.2. The first-order chi connectivity index (χ1) is 12.0. The van der Waals surface area contributed by atoms with Gasteiger partial charge in [0.05, 0.1) is 12.7 Å². The number of carbonyl (C=O) groups excluding carboxylic acids is 1. The third kappa shape index (κ3) is 7.09. The first kappa shape index (κ1) is 23.3. The lowest BCUT2D eigenvalue weighted by atomic mass is 9.87. The fourth-order valence-corrected chi connectivity index (χ4v) is 3.69. The number of guanidine groups is 1. The van der Waals surface area contributed by atoms with E-state index in [0.29, 0.717) is 44.0 Å². The maximum absolute atomic E-state index is 11.7. The standard InChI is InChI=1S/C18H34N4O3.HI/c1-4-24-18(23)22-9-7-15(8-10-22)21-17(19)20-12-14-6-5-11-25-16(14)13(2)3;/h13-16H,4-12H2,1-3H3,(H3,19,20,21);1H. The van der Waals surface area contributed by atoms with E-state index in [4.69, 9.17) is 15.2 Å². The van der Waals surface area contributed by atoms with E-state index >= 15 is 0 Å². The summed E-state index contributed by atoms with van der Waals surface area (Å²) in [5, 5.41) is 3.30. The van der Waals surface area contributed by atoms with Crippen molar-refractivity contribution in [2.75, 3.05) is 32.8 Å². The molecule has 0 aromatic carbocycles.